The van der Waals surface area contributed by atoms with E-state index in [1.54, 1.807) is 0 Å². The molecule has 3 atom stereocenters. The van der Waals surface area contributed by atoms with Gasteiger partial charge in [0.15, 0.2) is 0 Å². The van der Waals surface area contributed by atoms with Gasteiger partial charge in [-0.3, -0.25) is 4.21 Å². The van der Waals surface area contributed by atoms with Crippen molar-refractivity contribution in [1.29, 1.82) is 0 Å². The Balaban J connectivity index is 2.26. The summed E-state index contributed by atoms with van der Waals surface area (Å²) in [7, 11) is -0.911. The summed E-state index contributed by atoms with van der Waals surface area (Å²) in [5.41, 5.74) is 1.37. The fourth-order valence-electron chi connectivity index (χ4n) is 3.14. The van der Waals surface area contributed by atoms with Crippen LogP contribution in [0, 0.1) is 12.3 Å². The smallest absolute Gasteiger partial charge is 0.0579 e. The van der Waals surface area contributed by atoms with Gasteiger partial charge in [-0.2, -0.15) is 0 Å². The minimum Gasteiger partial charge on any atom is -0.313 e. The number of aryl methyl sites for hydroxylation is 1. The third-order valence-corrected chi connectivity index (χ3v) is 6.25. The van der Waals surface area contributed by atoms with Crippen molar-refractivity contribution in [1.82, 2.24) is 5.32 Å². The van der Waals surface area contributed by atoms with Gasteiger partial charge in [0.1, 0.15) is 0 Å². The van der Waals surface area contributed by atoms with Crippen molar-refractivity contribution in [2.24, 2.45) is 5.41 Å². The highest BCUT2D eigenvalue weighted by molar-refractivity contribution is 7.85. The maximum absolute atomic E-state index is 12.9. The number of nitrogens with one attached hydrogen (secondary N) is 1. The maximum atomic E-state index is 12.9. The predicted octanol–water partition coefficient (Wildman–Crippen LogP) is 3.27. The molecule has 0 aliphatic heterocycles. The Kier molecular flexibility index (Phi) is 4.46. The molecule has 106 valence electrons. The third-order valence-electron chi connectivity index (χ3n) is 4.30. The second kappa shape index (κ2) is 5.76. The first kappa shape index (κ1) is 14.7. The summed E-state index contributed by atoms with van der Waals surface area (Å²) >= 11 is 0. The lowest BCUT2D eigenvalue weighted by atomic mass is 9.87. The van der Waals surface area contributed by atoms with Gasteiger partial charge in [0.2, 0.25) is 0 Å². The Hall–Kier alpha value is -0.670. The van der Waals surface area contributed by atoms with Crippen molar-refractivity contribution in [2.45, 2.75) is 56.7 Å². The first-order chi connectivity index (χ1) is 8.97. The summed E-state index contributed by atoms with van der Waals surface area (Å²) in [6, 6.07) is 8.41. The standard InChI is InChI=1S/C16H25NOS/c1-5-17-15-14(10-11-16(15,3)4)19(18)13-9-7-6-8-12(13)2/h6-9,14-15,17H,5,10-11H2,1-4H3. The topological polar surface area (TPSA) is 29.1 Å². The van der Waals surface area contributed by atoms with Crippen molar-refractivity contribution in [3.05, 3.63) is 29.8 Å². The average Bonchev–Trinajstić information content (AvgIpc) is 2.66. The molecule has 1 aliphatic carbocycles. The van der Waals surface area contributed by atoms with Gasteiger partial charge in [-0.05, 0) is 43.4 Å². The molecule has 19 heavy (non-hydrogen) atoms. The van der Waals surface area contributed by atoms with Crippen LogP contribution in [0.15, 0.2) is 29.2 Å². The number of hydrogen-bond acceptors (Lipinski definition) is 2. The molecule has 0 radical (unpaired) electrons. The van der Waals surface area contributed by atoms with Gasteiger partial charge >= 0.3 is 0 Å². The van der Waals surface area contributed by atoms with Gasteiger partial charge in [-0.1, -0.05) is 39.0 Å². The van der Waals surface area contributed by atoms with E-state index in [-0.39, 0.29) is 10.7 Å². The van der Waals surface area contributed by atoms with Crippen LogP contribution in [-0.2, 0) is 10.8 Å². The minimum absolute atomic E-state index is 0.232. The zero-order valence-corrected chi connectivity index (χ0v) is 13.2. The monoisotopic (exact) mass is 279 g/mol. The van der Waals surface area contributed by atoms with Gasteiger partial charge in [0, 0.05) is 10.9 Å². The zero-order chi connectivity index (χ0) is 14.0. The fraction of sp³-hybridized carbons (Fsp3) is 0.625. The Morgan fingerprint density at radius 2 is 2.05 bits per heavy atom. The molecule has 0 heterocycles. The van der Waals surface area contributed by atoms with Crippen LogP contribution in [0.5, 0.6) is 0 Å². The van der Waals surface area contributed by atoms with Crippen LogP contribution >= 0.6 is 0 Å². The third kappa shape index (κ3) is 2.92. The molecule has 0 bridgehead atoms. The average molecular weight is 279 g/mol. The predicted molar refractivity (Wildman–Crippen MR) is 81.9 cm³/mol. The number of rotatable bonds is 4. The van der Waals surface area contributed by atoms with E-state index in [1.807, 2.05) is 18.2 Å². The lowest BCUT2D eigenvalue weighted by Crippen LogP contribution is -2.46. The van der Waals surface area contributed by atoms with Crippen LogP contribution in [0.2, 0.25) is 0 Å². The molecule has 2 rings (SSSR count). The van der Waals surface area contributed by atoms with E-state index in [1.165, 1.54) is 0 Å². The van der Waals surface area contributed by atoms with Gasteiger partial charge in [0.25, 0.3) is 0 Å². The molecule has 1 aromatic carbocycles. The molecule has 1 N–H and O–H groups in total. The van der Waals surface area contributed by atoms with E-state index in [9.17, 15) is 4.21 Å². The summed E-state index contributed by atoms with van der Waals surface area (Å²) in [6.07, 6.45) is 2.19. The minimum atomic E-state index is -0.911. The molecule has 0 aromatic heterocycles. The highest BCUT2D eigenvalue weighted by Crippen LogP contribution is 2.41. The highest BCUT2D eigenvalue weighted by atomic mass is 32.2. The summed E-state index contributed by atoms with van der Waals surface area (Å²) < 4.78 is 12.9. The van der Waals surface area contributed by atoms with Crippen LogP contribution in [0.4, 0.5) is 0 Å². The fourth-order valence-corrected chi connectivity index (χ4v) is 5.11. The summed E-state index contributed by atoms with van der Waals surface area (Å²) in [4.78, 5) is 1.01. The molecule has 0 amide bonds. The van der Waals surface area contributed by atoms with Crippen molar-refractivity contribution in [3.63, 3.8) is 0 Å². The van der Waals surface area contributed by atoms with Crippen molar-refractivity contribution < 1.29 is 4.21 Å². The summed E-state index contributed by atoms with van der Waals surface area (Å²) in [6.45, 7) is 9.69. The molecule has 0 spiro atoms. The Morgan fingerprint density at radius 3 is 2.68 bits per heavy atom. The number of benzene rings is 1. The van der Waals surface area contributed by atoms with E-state index in [0.717, 1.165) is 29.8 Å². The SMILES string of the molecule is CCNC1C(S(=O)c2ccccc2C)CCC1(C)C. The second-order valence-electron chi connectivity index (χ2n) is 6.16. The van der Waals surface area contributed by atoms with Crippen LogP contribution in [-0.4, -0.2) is 22.0 Å². The van der Waals surface area contributed by atoms with E-state index < -0.39 is 10.8 Å². The molecule has 2 nitrogen and oxygen atoms in total. The molecule has 1 aromatic rings. The second-order valence-corrected chi connectivity index (χ2v) is 7.80. The molecule has 3 unspecified atom stereocenters. The first-order valence-electron chi connectivity index (χ1n) is 7.17. The first-order valence-corrected chi connectivity index (χ1v) is 8.38. The molecule has 1 fully saturated rings. The van der Waals surface area contributed by atoms with Crippen molar-refractivity contribution in [2.75, 3.05) is 6.54 Å². The maximum Gasteiger partial charge on any atom is 0.0579 e. The van der Waals surface area contributed by atoms with Crippen LogP contribution in [0.3, 0.4) is 0 Å². The zero-order valence-electron chi connectivity index (χ0n) is 12.4. The Labute approximate surface area is 119 Å². The largest absolute Gasteiger partial charge is 0.313 e. The van der Waals surface area contributed by atoms with E-state index in [4.69, 9.17) is 0 Å². The number of hydrogen-bond donors (Lipinski definition) is 1. The van der Waals surface area contributed by atoms with E-state index in [2.05, 4.69) is 39.1 Å². The summed E-state index contributed by atoms with van der Waals surface area (Å²) in [5.74, 6) is 0. The molecular formula is C16H25NOS. The van der Waals surface area contributed by atoms with Gasteiger partial charge in [0.05, 0.1) is 16.0 Å². The Bertz CT molecular complexity index is 470. The van der Waals surface area contributed by atoms with Gasteiger partial charge in [-0.15, -0.1) is 0 Å². The van der Waals surface area contributed by atoms with E-state index >= 15 is 0 Å². The van der Waals surface area contributed by atoms with Crippen LogP contribution in [0.25, 0.3) is 0 Å². The molecule has 3 heteroatoms. The highest BCUT2D eigenvalue weighted by Gasteiger charge is 2.44. The van der Waals surface area contributed by atoms with Crippen molar-refractivity contribution >= 4 is 10.8 Å². The van der Waals surface area contributed by atoms with Crippen molar-refractivity contribution in [3.8, 4) is 0 Å². The summed E-state index contributed by atoms with van der Waals surface area (Å²) in [5, 5.41) is 3.79. The molecule has 1 aliphatic rings. The molecule has 0 saturated heterocycles. The normalized spacial score (nSPS) is 27.4. The van der Waals surface area contributed by atoms with Gasteiger partial charge in [-0.25, -0.2) is 0 Å². The van der Waals surface area contributed by atoms with Crippen LogP contribution in [0.1, 0.15) is 39.2 Å². The van der Waals surface area contributed by atoms with E-state index in [0.29, 0.717) is 6.04 Å². The molecular weight excluding hydrogens is 254 g/mol. The van der Waals surface area contributed by atoms with Gasteiger partial charge < -0.3 is 5.32 Å². The lowest BCUT2D eigenvalue weighted by Gasteiger charge is -2.31. The van der Waals surface area contributed by atoms with Crippen LogP contribution < -0.4 is 5.32 Å². The molecule has 1 saturated carbocycles. The Morgan fingerprint density at radius 1 is 1.37 bits per heavy atom. The lowest BCUT2D eigenvalue weighted by molar-refractivity contribution is 0.289. The quantitative estimate of drug-likeness (QED) is 0.916.